The predicted octanol–water partition coefficient (Wildman–Crippen LogP) is 3.04. The van der Waals surface area contributed by atoms with Gasteiger partial charge in [0.1, 0.15) is 0 Å². The lowest BCUT2D eigenvalue weighted by Crippen LogP contribution is -2.40. The SMILES string of the molecule is O=C(Cc1ccccc1)SNC(C(=O)O)C(=O)CCCc1ccccc1. The van der Waals surface area contributed by atoms with E-state index in [4.69, 9.17) is 0 Å². The molecule has 0 amide bonds. The van der Waals surface area contributed by atoms with Crippen molar-refractivity contribution in [2.75, 3.05) is 0 Å². The molecule has 0 bridgehead atoms. The fraction of sp³-hybridized carbons (Fsp3) is 0.250. The van der Waals surface area contributed by atoms with E-state index in [2.05, 4.69) is 4.72 Å². The molecule has 2 N–H and O–H groups in total. The van der Waals surface area contributed by atoms with Crippen LogP contribution in [0.3, 0.4) is 0 Å². The Morgan fingerprint density at radius 1 is 0.923 bits per heavy atom. The number of ketones is 1. The Balaban J connectivity index is 1.78. The minimum absolute atomic E-state index is 0.145. The number of hydrogen-bond acceptors (Lipinski definition) is 5. The third-order valence-corrected chi connectivity index (χ3v) is 4.51. The minimum atomic E-state index is -1.38. The molecule has 6 heteroatoms. The number of carbonyl (C=O) groups excluding carboxylic acids is 2. The standard InChI is InChI=1S/C20H21NO4S/c22-17(13-7-12-15-8-3-1-4-9-15)19(20(24)25)21-26-18(23)14-16-10-5-2-6-11-16/h1-6,8-11,19,21H,7,12-14H2,(H,24,25). The number of rotatable bonds is 10. The normalized spacial score (nSPS) is 11.7. The van der Waals surface area contributed by atoms with Gasteiger partial charge in [-0.25, -0.2) is 4.72 Å². The van der Waals surface area contributed by atoms with Crippen LogP contribution in [0.15, 0.2) is 60.7 Å². The van der Waals surface area contributed by atoms with Crippen molar-refractivity contribution < 1.29 is 19.5 Å². The Morgan fingerprint density at radius 3 is 2.08 bits per heavy atom. The molecule has 5 nitrogen and oxygen atoms in total. The lowest BCUT2D eigenvalue weighted by atomic mass is 10.0. The fourth-order valence-corrected chi connectivity index (χ4v) is 3.15. The van der Waals surface area contributed by atoms with Crippen molar-refractivity contribution in [2.45, 2.75) is 31.7 Å². The van der Waals surface area contributed by atoms with Crippen LogP contribution in [0.25, 0.3) is 0 Å². The van der Waals surface area contributed by atoms with Crippen molar-refractivity contribution in [3.8, 4) is 0 Å². The second kappa shape index (κ2) is 10.5. The first-order valence-electron chi connectivity index (χ1n) is 8.35. The summed E-state index contributed by atoms with van der Waals surface area (Å²) in [4.78, 5) is 35.5. The van der Waals surface area contributed by atoms with Gasteiger partial charge in [0.2, 0.25) is 5.12 Å². The highest BCUT2D eigenvalue weighted by atomic mass is 32.2. The van der Waals surface area contributed by atoms with Gasteiger partial charge in [-0.3, -0.25) is 14.4 Å². The number of carboxylic acid groups (broad SMARTS) is 1. The van der Waals surface area contributed by atoms with E-state index in [0.29, 0.717) is 24.8 Å². The fourth-order valence-electron chi connectivity index (χ4n) is 2.43. The van der Waals surface area contributed by atoms with E-state index in [1.54, 1.807) is 0 Å². The maximum Gasteiger partial charge on any atom is 0.329 e. The maximum absolute atomic E-state index is 12.2. The van der Waals surface area contributed by atoms with E-state index >= 15 is 0 Å². The zero-order chi connectivity index (χ0) is 18.8. The monoisotopic (exact) mass is 371 g/mol. The predicted molar refractivity (Wildman–Crippen MR) is 102 cm³/mol. The van der Waals surface area contributed by atoms with Crippen LogP contribution in [-0.2, 0) is 27.2 Å². The highest BCUT2D eigenvalue weighted by Gasteiger charge is 2.26. The summed E-state index contributed by atoms with van der Waals surface area (Å²) in [7, 11) is 0. The number of Topliss-reactive ketones (excluding diaryl/α,β-unsaturated/α-hetero) is 1. The van der Waals surface area contributed by atoms with Gasteiger partial charge in [0.25, 0.3) is 0 Å². The van der Waals surface area contributed by atoms with Crippen LogP contribution in [0.5, 0.6) is 0 Å². The molecule has 26 heavy (non-hydrogen) atoms. The minimum Gasteiger partial charge on any atom is -0.480 e. The van der Waals surface area contributed by atoms with Crippen LogP contribution in [0.1, 0.15) is 24.0 Å². The first-order chi connectivity index (χ1) is 12.6. The molecular formula is C20H21NO4S. The van der Waals surface area contributed by atoms with Gasteiger partial charge in [-0.15, -0.1) is 0 Å². The van der Waals surface area contributed by atoms with Crippen LogP contribution in [0, 0.1) is 0 Å². The number of carbonyl (C=O) groups is 3. The van der Waals surface area contributed by atoms with Gasteiger partial charge in [-0.1, -0.05) is 60.7 Å². The number of aryl methyl sites for hydroxylation is 1. The van der Waals surface area contributed by atoms with E-state index in [0.717, 1.165) is 11.1 Å². The van der Waals surface area contributed by atoms with Crippen LogP contribution >= 0.6 is 11.9 Å². The summed E-state index contributed by atoms with van der Waals surface area (Å²) in [5.74, 6) is -1.69. The van der Waals surface area contributed by atoms with Gasteiger partial charge in [-0.2, -0.15) is 0 Å². The average molecular weight is 371 g/mol. The Morgan fingerprint density at radius 2 is 1.50 bits per heavy atom. The molecule has 1 atom stereocenters. The van der Waals surface area contributed by atoms with Gasteiger partial charge >= 0.3 is 5.97 Å². The Labute approximate surface area is 156 Å². The van der Waals surface area contributed by atoms with Gasteiger partial charge in [0.05, 0.1) is 0 Å². The quantitative estimate of drug-likeness (QED) is 0.493. The molecular weight excluding hydrogens is 350 g/mol. The maximum atomic E-state index is 12.2. The first-order valence-corrected chi connectivity index (χ1v) is 9.16. The Hall–Kier alpha value is -2.44. The van der Waals surface area contributed by atoms with Gasteiger partial charge < -0.3 is 5.11 Å². The number of carboxylic acids is 1. The summed E-state index contributed by atoms with van der Waals surface area (Å²) < 4.78 is 2.51. The molecule has 0 spiro atoms. The van der Waals surface area contributed by atoms with Crippen molar-refractivity contribution in [1.82, 2.24) is 4.72 Å². The van der Waals surface area contributed by atoms with Crippen molar-refractivity contribution >= 4 is 28.8 Å². The zero-order valence-electron chi connectivity index (χ0n) is 14.3. The molecule has 2 aromatic carbocycles. The topological polar surface area (TPSA) is 83.5 Å². The molecule has 0 fully saturated rings. The molecule has 0 heterocycles. The lowest BCUT2D eigenvalue weighted by molar-refractivity contribution is -0.142. The molecule has 0 aromatic heterocycles. The van der Waals surface area contributed by atoms with E-state index in [9.17, 15) is 19.5 Å². The third-order valence-electron chi connectivity index (χ3n) is 3.78. The van der Waals surface area contributed by atoms with Crippen molar-refractivity contribution in [3.05, 3.63) is 71.8 Å². The van der Waals surface area contributed by atoms with E-state index in [1.807, 2.05) is 60.7 Å². The Kier molecular flexibility index (Phi) is 8.05. The number of benzene rings is 2. The molecule has 0 saturated heterocycles. The summed E-state index contributed by atoms with van der Waals surface area (Å²) in [5, 5.41) is 9.02. The van der Waals surface area contributed by atoms with Gasteiger partial charge in [-0.05, 0) is 35.9 Å². The summed E-state index contributed by atoms with van der Waals surface area (Å²) in [6.07, 6.45) is 1.59. The molecule has 2 rings (SSSR count). The average Bonchev–Trinajstić information content (AvgIpc) is 2.63. The number of nitrogens with one attached hydrogen (secondary N) is 1. The lowest BCUT2D eigenvalue weighted by Gasteiger charge is -2.12. The molecule has 0 radical (unpaired) electrons. The number of hydrogen-bond donors (Lipinski definition) is 2. The smallest absolute Gasteiger partial charge is 0.329 e. The first kappa shape index (κ1) is 19.9. The highest BCUT2D eigenvalue weighted by molar-refractivity contribution is 8.12. The highest BCUT2D eigenvalue weighted by Crippen LogP contribution is 2.10. The second-order valence-electron chi connectivity index (χ2n) is 5.83. The second-order valence-corrected chi connectivity index (χ2v) is 6.73. The van der Waals surface area contributed by atoms with Crippen molar-refractivity contribution in [2.24, 2.45) is 0 Å². The molecule has 2 aromatic rings. The van der Waals surface area contributed by atoms with Crippen molar-refractivity contribution in [3.63, 3.8) is 0 Å². The largest absolute Gasteiger partial charge is 0.480 e. The Bertz CT molecular complexity index is 734. The summed E-state index contributed by atoms with van der Waals surface area (Å²) in [6.45, 7) is 0. The van der Waals surface area contributed by atoms with Crippen LogP contribution in [0.4, 0.5) is 0 Å². The summed E-state index contributed by atoms with van der Waals surface area (Å²) in [6, 6.07) is 17.5. The summed E-state index contributed by atoms with van der Waals surface area (Å²) >= 11 is 0.675. The molecule has 0 aliphatic rings. The molecule has 0 aliphatic carbocycles. The number of aliphatic carboxylic acids is 1. The molecule has 0 aliphatic heterocycles. The third kappa shape index (κ3) is 6.82. The van der Waals surface area contributed by atoms with E-state index in [1.165, 1.54) is 0 Å². The van der Waals surface area contributed by atoms with Crippen molar-refractivity contribution in [1.29, 1.82) is 0 Å². The summed E-state index contributed by atoms with van der Waals surface area (Å²) in [5.41, 5.74) is 1.94. The molecule has 0 saturated carbocycles. The van der Waals surface area contributed by atoms with Gasteiger partial charge in [0.15, 0.2) is 11.8 Å². The zero-order valence-corrected chi connectivity index (χ0v) is 15.1. The molecule has 1 unspecified atom stereocenters. The van der Waals surface area contributed by atoms with E-state index in [-0.39, 0.29) is 18.0 Å². The van der Waals surface area contributed by atoms with Crippen LogP contribution in [0.2, 0.25) is 0 Å². The van der Waals surface area contributed by atoms with Crippen LogP contribution < -0.4 is 4.72 Å². The van der Waals surface area contributed by atoms with Gasteiger partial charge in [0, 0.05) is 12.8 Å². The molecule has 136 valence electrons. The van der Waals surface area contributed by atoms with Crippen LogP contribution in [-0.4, -0.2) is 28.0 Å². The van der Waals surface area contributed by atoms with E-state index < -0.39 is 17.8 Å².